The number of halogens is 1. The first kappa shape index (κ1) is 14.0. The Labute approximate surface area is 121 Å². The molecule has 2 aliphatic rings. The maximum absolute atomic E-state index is 13.3. The van der Waals surface area contributed by atoms with Crippen LogP contribution in [0.25, 0.3) is 0 Å². The molecular formula is C15H16FNO4. The fraction of sp³-hybridized carbons (Fsp3) is 0.467. The lowest BCUT2D eigenvalue weighted by Crippen LogP contribution is -2.43. The minimum atomic E-state index is -0.914. The highest BCUT2D eigenvalue weighted by atomic mass is 19.1. The Balaban J connectivity index is 1.66. The summed E-state index contributed by atoms with van der Waals surface area (Å²) < 4.78 is 18.9. The zero-order valence-electron chi connectivity index (χ0n) is 11.4. The largest absolute Gasteiger partial charge is 0.481 e. The topological polar surface area (TPSA) is 66.8 Å². The average Bonchev–Trinajstić information content (AvgIpc) is 3.27. The number of amides is 1. The van der Waals surface area contributed by atoms with Gasteiger partial charge in [-0.05, 0) is 24.1 Å². The van der Waals surface area contributed by atoms with Gasteiger partial charge in [-0.2, -0.15) is 0 Å². The van der Waals surface area contributed by atoms with Crippen molar-refractivity contribution in [3.8, 4) is 0 Å². The Morgan fingerprint density at radius 2 is 2.14 bits per heavy atom. The maximum atomic E-state index is 13.3. The first-order valence-electron chi connectivity index (χ1n) is 6.95. The van der Waals surface area contributed by atoms with Gasteiger partial charge in [0.1, 0.15) is 11.9 Å². The molecule has 5 nitrogen and oxygen atoms in total. The molecule has 1 saturated carbocycles. The van der Waals surface area contributed by atoms with Crippen LogP contribution in [0.15, 0.2) is 24.3 Å². The average molecular weight is 293 g/mol. The molecular weight excluding hydrogens is 277 g/mol. The van der Waals surface area contributed by atoms with Crippen LogP contribution in [0.1, 0.15) is 18.1 Å². The molecule has 0 spiro atoms. The Morgan fingerprint density at radius 1 is 1.33 bits per heavy atom. The number of aliphatic carboxylic acids is 1. The lowest BCUT2D eigenvalue weighted by Gasteiger charge is -2.33. The van der Waals surface area contributed by atoms with Crippen LogP contribution in [0.4, 0.5) is 4.39 Å². The smallest absolute Gasteiger partial charge is 0.307 e. The zero-order chi connectivity index (χ0) is 15.0. The summed E-state index contributed by atoms with van der Waals surface area (Å²) in [6, 6.07) is 6.13. The van der Waals surface area contributed by atoms with Gasteiger partial charge in [-0.3, -0.25) is 9.59 Å². The summed E-state index contributed by atoms with van der Waals surface area (Å²) in [6.07, 6.45) is 0.0521. The molecule has 112 valence electrons. The van der Waals surface area contributed by atoms with Crippen molar-refractivity contribution in [1.82, 2.24) is 4.90 Å². The lowest BCUT2D eigenvalue weighted by molar-refractivity contribution is -0.145. The molecule has 0 bridgehead atoms. The van der Waals surface area contributed by atoms with Crippen molar-refractivity contribution in [2.24, 2.45) is 11.8 Å². The number of carbonyl (C=O) groups is 2. The predicted molar refractivity (Wildman–Crippen MR) is 70.9 cm³/mol. The quantitative estimate of drug-likeness (QED) is 0.916. The van der Waals surface area contributed by atoms with E-state index in [1.165, 1.54) is 12.1 Å². The van der Waals surface area contributed by atoms with Gasteiger partial charge in [0.15, 0.2) is 0 Å². The molecule has 3 rings (SSSR count). The number of nitrogens with zero attached hydrogens (tertiary/aromatic N) is 1. The fourth-order valence-corrected chi connectivity index (χ4v) is 2.73. The second-order valence-corrected chi connectivity index (χ2v) is 5.49. The highest BCUT2D eigenvalue weighted by molar-refractivity contribution is 5.89. The van der Waals surface area contributed by atoms with E-state index in [9.17, 15) is 14.0 Å². The third-order valence-corrected chi connectivity index (χ3v) is 4.02. The highest BCUT2D eigenvalue weighted by Crippen LogP contribution is 2.40. The van der Waals surface area contributed by atoms with Crippen molar-refractivity contribution in [3.63, 3.8) is 0 Å². The van der Waals surface area contributed by atoms with Crippen molar-refractivity contribution in [2.45, 2.75) is 12.5 Å². The van der Waals surface area contributed by atoms with E-state index < -0.39 is 17.8 Å². The summed E-state index contributed by atoms with van der Waals surface area (Å²) >= 11 is 0. The third-order valence-electron chi connectivity index (χ3n) is 4.02. The van der Waals surface area contributed by atoms with Gasteiger partial charge in [-0.1, -0.05) is 12.1 Å². The third kappa shape index (κ3) is 2.90. The van der Waals surface area contributed by atoms with E-state index in [1.807, 2.05) is 0 Å². The van der Waals surface area contributed by atoms with Gasteiger partial charge in [0.05, 0.1) is 25.0 Å². The first-order valence-corrected chi connectivity index (χ1v) is 6.95. The Bertz CT molecular complexity index is 577. The molecule has 1 aromatic carbocycles. The van der Waals surface area contributed by atoms with E-state index in [0.29, 0.717) is 31.7 Å². The second kappa shape index (κ2) is 5.44. The Morgan fingerprint density at radius 3 is 2.81 bits per heavy atom. The molecule has 1 aliphatic carbocycles. The van der Waals surface area contributed by atoms with Crippen LogP contribution < -0.4 is 0 Å². The van der Waals surface area contributed by atoms with Crippen LogP contribution in [-0.4, -0.2) is 41.6 Å². The van der Waals surface area contributed by atoms with Crippen molar-refractivity contribution in [1.29, 1.82) is 0 Å². The minimum absolute atomic E-state index is 0.132. The lowest BCUT2D eigenvalue weighted by atomic mass is 10.1. The van der Waals surface area contributed by atoms with Gasteiger partial charge in [0.25, 0.3) is 0 Å². The van der Waals surface area contributed by atoms with E-state index in [2.05, 4.69) is 0 Å². The first-order chi connectivity index (χ1) is 10.1. The number of carboxylic acid groups (broad SMARTS) is 1. The second-order valence-electron chi connectivity index (χ2n) is 5.49. The van der Waals surface area contributed by atoms with E-state index in [-0.39, 0.29) is 17.8 Å². The van der Waals surface area contributed by atoms with Crippen molar-refractivity contribution < 1.29 is 23.8 Å². The standard InChI is InChI=1S/C15H16FNO4/c16-10-3-1-2-9(6-10)13-8-17(4-5-21-13)14(18)11-7-12(11)15(19)20/h1-3,6,11-13H,4-5,7-8H2,(H,19,20)/t11-,12+,13-/m0/s1. The van der Waals surface area contributed by atoms with Crippen LogP contribution >= 0.6 is 0 Å². The van der Waals surface area contributed by atoms with E-state index in [4.69, 9.17) is 9.84 Å². The zero-order valence-corrected chi connectivity index (χ0v) is 11.4. The number of ether oxygens (including phenoxy) is 1. The summed E-state index contributed by atoms with van der Waals surface area (Å²) in [6.45, 7) is 1.16. The fourth-order valence-electron chi connectivity index (χ4n) is 2.73. The molecule has 1 heterocycles. The van der Waals surface area contributed by atoms with Crippen LogP contribution in [0.3, 0.4) is 0 Å². The van der Waals surface area contributed by atoms with Gasteiger partial charge in [-0.25, -0.2) is 4.39 Å². The summed E-state index contributed by atoms with van der Waals surface area (Å²) in [7, 11) is 0. The summed E-state index contributed by atoms with van der Waals surface area (Å²) in [5.74, 6) is -2.34. The molecule has 0 unspecified atom stereocenters. The number of benzene rings is 1. The van der Waals surface area contributed by atoms with Crippen LogP contribution in [-0.2, 0) is 14.3 Å². The van der Waals surface area contributed by atoms with E-state index in [0.717, 1.165) is 0 Å². The van der Waals surface area contributed by atoms with E-state index >= 15 is 0 Å². The molecule has 1 aliphatic heterocycles. The molecule has 21 heavy (non-hydrogen) atoms. The number of carbonyl (C=O) groups excluding carboxylic acids is 1. The summed E-state index contributed by atoms with van der Waals surface area (Å²) in [5, 5.41) is 8.89. The van der Waals surface area contributed by atoms with E-state index in [1.54, 1.807) is 17.0 Å². The van der Waals surface area contributed by atoms with Gasteiger partial charge in [0, 0.05) is 6.54 Å². The van der Waals surface area contributed by atoms with Gasteiger partial charge in [-0.15, -0.1) is 0 Å². The molecule has 1 N–H and O–H groups in total. The molecule has 2 fully saturated rings. The van der Waals surface area contributed by atoms with Crippen LogP contribution in [0.2, 0.25) is 0 Å². The highest BCUT2D eigenvalue weighted by Gasteiger charge is 2.50. The number of hydrogen-bond donors (Lipinski definition) is 1. The SMILES string of the molecule is O=C(O)[C@@H]1C[C@@H]1C(=O)N1CCO[C@H](c2cccc(F)c2)C1. The molecule has 1 aromatic rings. The molecule has 0 radical (unpaired) electrons. The van der Waals surface area contributed by atoms with Gasteiger partial charge in [0.2, 0.25) is 5.91 Å². The summed E-state index contributed by atoms with van der Waals surface area (Å²) in [5.41, 5.74) is 0.693. The molecule has 0 aromatic heterocycles. The predicted octanol–water partition coefficient (Wildman–Crippen LogP) is 1.45. The summed E-state index contributed by atoms with van der Waals surface area (Å²) in [4.78, 5) is 24.7. The maximum Gasteiger partial charge on any atom is 0.307 e. The number of rotatable bonds is 3. The Hall–Kier alpha value is -1.95. The van der Waals surface area contributed by atoms with Crippen LogP contribution in [0.5, 0.6) is 0 Å². The van der Waals surface area contributed by atoms with Gasteiger partial charge >= 0.3 is 5.97 Å². The monoisotopic (exact) mass is 293 g/mol. The number of morpholine rings is 1. The van der Waals surface area contributed by atoms with Crippen molar-refractivity contribution in [2.75, 3.05) is 19.7 Å². The number of hydrogen-bond acceptors (Lipinski definition) is 3. The minimum Gasteiger partial charge on any atom is -0.481 e. The number of carboxylic acids is 1. The normalized spacial score (nSPS) is 28.2. The van der Waals surface area contributed by atoms with Crippen molar-refractivity contribution in [3.05, 3.63) is 35.6 Å². The van der Waals surface area contributed by atoms with Crippen molar-refractivity contribution >= 4 is 11.9 Å². The molecule has 1 amide bonds. The molecule has 6 heteroatoms. The van der Waals surface area contributed by atoms with Gasteiger partial charge < -0.3 is 14.7 Å². The Kier molecular flexibility index (Phi) is 3.63. The molecule has 3 atom stereocenters. The molecule has 1 saturated heterocycles. The van der Waals surface area contributed by atoms with Crippen LogP contribution in [0, 0.1) is 17.7 Å².